The largest absolute Gasteiger partial charge is 0.369 e. The first-order chi connectivity index (χ1) is 14.1. The van der Waals surface area contributed by atoms with Crippen LogP contribution in [-0.2, 0) is 9.05 Å². The quantitative estimate of drug-likeness (QED) is 0.495. The Kier molecular flexibility index (Phi) is 10.0. The average molecular weight is 508 g/mol. The van der Waals surface area contributed by atoms with Crippen molar-refractivity contribution < 1.29 is 8.42 Å². The van der Waals surface area contributed by atoms with Crippen LogP contribution in [0.3, 0.4) is 0 Å². The highest BCUT2D eigenvalue weighted by Gasteiger charge is 2.17. The molecule has 1 aliphatic heterocycles. The van der Waals surface area contributed by atoms with Gasteiger partial charge in [0.25, 0.3) is 9.05 Å². The lowest BCUT2D eigenvalue weighted by Gasteiger charge is -2.26. The predicted octanol–water partition coefficient (Wildman–Crippen LogP) is 5.52. The molecule has 160 valence electrons. The van der Waals surface area contributed by atoms with Gasteiger partial charge in [-0.15, -0.1) is 0 Å². The molecule has 0 N–H and O–H groups in total. The van der Waals surface area contributed by atoms with E-state index in [0.717, 1.165) is 35.7 Å². The highest BCUT2D eigenvalue weighted by atomic mass is 35.7. The van der Waals surface area contributed by atoms with Gasteiger partial charge in [-0.2, -0.15) is 47.0 Å². The Morgan fingerprint density at radius 3 is 1.72 bits per heavy atom. The molecule has 0 atom stereocenters. The Balaban J connectivity index is 1.83. The van der Waals surface area contributed by atoms with E-state index in [1.165, 1.54) is 34.5 Å². The molecule has 29 heavy (non-hydrogen) atoms. The molecule has 0 aromatic heterocycles. The molecule has 2 aromatic carbocycles. The first kappa shape index (κ1) is 23.8. The van der Waals surface area contributed by atoms with E-state index in [1.807, 2.05) is 41.7 Å². The van der Waals surface area contributed by atoms with E-state index in [-0.39, 0.29) is 4.90 Å². The molecule has 1 aliphatic rings. The molecule has 3 nitrogen and oxygen atoms in total. The maximum absolute atomic E-state index is 12.0. The Bertz CT molecular complexity index is 878. The van der Waals surface area contributed by atoms with Crippen molar-refractivity contribution in [3.63, 3.8) is 0 Å². The minimum atomic E-state index is -3.78. The zero-order chi connectivity index (χ0) is 20.5. The second-order valence-corrected chi connectivity index (χ2v) is 13.9. The first-order valence-corrected chi connectivity index (χ1v) is 16.5. The van der Waals surface area contributed by atoms with Crippen molar-refractivity contribution in [3.8, 4) is 0 Å². The summed E-state index contributed by atoms with van der Waals surface area (Å²) in [5.41, 5.74) is 1.10. The third-order valence-electron chi connectivity index (χ3n) is 4.59. The van der Waals surface area contributed by atoms with Gasteiger partial charge in [0.15, 0.2) is 0 Å². The van der Waals surface area contributed by atoms with Gasteiger partial charge in [-0.1, -0.05) is 24.3 Å². The Labute approximate surface area is 195 Å². The van der Waals surface area contributed by atoms with Crippen LogP contribution in [0.15, 0.2) is 41.3 Å². The second kappa shape index (κ2) is 12.2. The molecule has 1 fully saturated rings. The third kappa shape index (κ3) is 7.35. The van der Waals surface area contributed by atoms with E-state index in [2.05, 4.69) is 34.5 Å². The first-order valence-electron chi connectivity index (χ1n) is 9.60. The fourth-order valence-corrected chi connectivity index (χ4v) is 8.65. The molecule has 9 heteroatoms. The van der Waals surface area contributed by atoms with E-state index in [9.17, 15) is 8.42 Å². The average Bonchev–Trinajstić information content (AvgIpc) is 2.71. The van der Waals surface area contributed by atoms with Gasteiger partial charge in [-0.05, 0) is 12.1 Å². The molecule has 0 spiro atoms. The van der Waals surface area contributed by atoms with Gasteiger partial charge in [-0.25, -0.2) is 8.42 Å². The van der Waals surface area contributed by atoms with Crippen molar-refractivity contribution in [2.75, 3.05) is 64.0 Å². The topological polar surface area (TPSA) is 37.4 Å². The number of rotatable bonds is 2. The summed E-state index contributed by atoms with van der Waals surface area (Å²) >= 11 is 8.12. The number of anilines is 1. The van der Waals surface area contributed by atoms with Crippen LogP contribution in [0.1, 0.15) is 0 Å². The van der Waals surface area contributed by atoms with Gasteiger partial charge in [0, 0.05) is 86.3 Å². The SMILES string of the molecule is O=S(=O)(Cl)c1cccc2c(N3CCSCCSCCSCCSCC3)cccc12. The third-order valence-corrected chi connectivity index (χ3v) is 10.6. The zero-order valence-corrected chi connectivity index (χ0v) is 21.1. The Morgan fingerprint density at radius 2 is 1.17 bits per heavy atom. The van der Waals surface area contributed by atoms with Crippen molar-refractivity contribution >= 4 is 83.2 Å². The molecule has 0 radical (unpaired) electrons. The van der Waals surface area contributed by atoms with Crippen molar-refractivity contribution in [3.05, 3.63) is 36.4 Å². The van der Waals surface area contributed by atoms with Crippen LogP contribution in [0.25, 0.3) is 10.8 Å². The minimum Gasteiger partial charge on any atom is -0.369 e. The van der Waals surface area contributed by atoms with E-state index in [0.29, 0.717) is 5.39 Å². The number of thioether (sulfide) groups is 4. The molecule has 1 heterocycles. The minimum absolute atomic E-state index is 0.189. The molecule has 0 aliphatic carbocycles. The molecule has 0 bridgehead atoms. The van der Waals surface area contributed by atoms with Crippen LogP contribution < -0.4 is 4.90 Å². The van der Waals surface area contributed by atoms with E-state index >= 15 is 0 Å². The lowest BCUT2D eigenvalue weighted by Crippen LogP contribution is -2.29. The summed E-state index contributed by atoms with van der Waals surface area (Å²) in [6.45, 7) is 1.92. The van der Waals surface area contributed by atoms with Gasteiger partial charge in [0.1, 0.15) is 0 Å². The van der Waals surface area contributed by atoms with Gasteiger partial charge < -0.3 is 4.90 Å². The number of halogens is 1. The van der Waals surface area contributed by atoms with E-state index < -0.39 is 9.05 Å². The van der Waals surface area contributed by atoms with Gasteiger partial charge >= 0.3 is 0 Å². The van der Waals surface area contributed by atoms with Crippen LogP contribution in [0, 0.1) is 0 Å². The van der Waals surface area contributed by atoms with Crippen LogP contribution in [0.2, 0.25) is 0 Å². The summed E-state index contributed by atoms with van der Waals surface area (Å²) in [5.74, 6) is 9.45. The molecule has 1 saturated heterocycles. The maximum atomic E-state index is 12.0. The monoisotopic (exact) mass is 507 g/mol. The summed E-state index contributed by atoms with van der Waals surface area (Å²) in [7, 11) is 1.91. The summed E-state index contributed by atoms with van der Waals surface area (Å²) in [6.07, 6.45) is 0. The fourth-order valence-electron chi connectivity index (χ4n) is 3.22. The molecular weight excluding hydrogens is 482 g/mol. The van der Waals surface area contributed by atoms with E-state index in [4.69, 9.17) is 10.7 Å². The molecule has 0 unspecified atom stereocenters. The second-order valence-electron chi connectivity index (χ2n) is 6.50. The number of fused-ring (bicyclic) bond motifs is 1. The van der Waals surface area contributed by atoms with Crippen molar-refractivity contribution in [2.45, 2.75) is 4.90 Å². The molecule has 0 amide bonds. The number of benzene rings is 2. The smallest absolute Gasteiger partial charge is 0.261 e. The van der Waals surface area contributed by atoms with E-state index in [1.54, 1.807) is 12.1 Å². The molecule has 3 rings (SSSR count). The number of hydrogen-bond acceptors (Lipinski definition) is 7. The molecule has 2 aromatic rings. The number of hydrogen-bond donors (Lipinski definition) is 0. The zero-order valence-electron chi connectivity index (χ0n) is 16.2. The van der Waals surface area contributed by atoms with Gasteiger partial charge in [0.2, 0.25) is 0 Å². The summed E-state index contributed by atoms with van der Waals surface area (Å²) in [4.78, 5) is 2.60. The normalized spacial score (nSPS) is 18.9. The lowest BCUT2D eigenvalue weighted by atomic mass is 10.1. The lowest BCUT2D eigenvalue weighted by molar-refractivity contribution is 0.610. The molecule has 0 saturated carbocycles. The molecular formula is C20H26ClNO2S5. The predicted molar refractivity (Wildman–Crippen MR) is 138 cm³/mol. The highest BCUT2D eigenvalue weighted by Crippen LogP contribution is 2.32. The Hall–Kier alpha value is 0.140. The maximum Gasteiger partial charge on any atom is 0.261 e. The summed E-state index contributed by atoms with van der Waals surface area (Å²) in [6, 6.07) is 11.3. The fraction of sp³-hybridized carbons (Fsp3) is 0.500. The van der Waals surface area contributed by atoms with Crippen LogP contribution in [-0.4, -0.2) is 67.5 Å². The summed E-state index contributed by atoms with van der Waals surface area (Å²) in [5, 5.41) is 1.65. The van der Waals surface area contributed by atoms with Crippen molar-refractivity contribution in [2.24, 2.45) is 0 Å². The Morgan fingerprint density at radius 1 is 0.690 bits per heavy atom. The van der Waals surface area contributed by atoms with Gasteiger partial charge in [0.05, 0.1) is 4.90 Å². The van der Waals surface area contributed by atoms with Crippen LogP contribution >= 0.6 is 57.7 Å². The van der Waals surface area contributed by atoms with Crippen molar-refractivity contribution in [1.29, 1.82) is 0 Å². The van der Waals surface area contributed by atoms with Crippen LogP contribution in [0.4, 0.5) is 5.69 Å². The van der Waals surface area contributed by atoms with Gasteiger partial charge in [-0.3, -0.25) is 0 Å². The van der Waals surface area contributed by atoms with Crippen LogP contribution in [0.5, 0.6) is 0 Å². The standard InChI is InChI=1S/C20H26ClNO2S5/c21-29(23,24)20-6-2-3-17-18(20)4-1-5-19(17)22-7-9-25-11-13-27-15-16-28-14-12-26-10-8-22/h1-6H,7-16H2. The van der Waals surface area contributed by atoms with Crippen molar-refractivity contribution in [1.82, 2.24) is 0 Å². The number of nitrogens with zero attached hydrogens (tertiary/aromatic N) is 1. The summed E-state index contributed by atoms with van der Waals surface area (Å²) < 4.78 is 24.0. The highest BCUT2D eigenvalue weighted by molar-refractivity contribution is 8.14.